The highest BCUT2D eigenvalue weighted by Gasteiger charge is 2.31. The van der Waals surface area contributed by atoms with E-state index in [0.717, 1.165) is 31.7 Å². The van der Waals surface area contributed by atoms with Crippen LogP contribution in [0.1, 0.15) is 17.2 Å². The fourth-order valence-corrected chi connectivity index (χ4v) is 3.37. The lowest BCUT2D eigenvalue weighted by molar-refractivity contribution is -0.274. The second-order valence-corrected chi connectivity index (χ2v) is 6.38. The van der Waals surface area contributed by atoms with Crippen molar-refractivity contribution in [2.24, 2.45) is 0 Å². The highest BCUT2D eigenvalue weighted by Crippen LogP contribution is 2.35. The SMILES string of the molecule is Fc1ccc([C@H](c2ccc(OC(F)(F)F)cc2)N2CCNCC2)c(Cl)c1. The van der Waals surface area contributed by atoms with E-state index in [4.69, 9.17) is 11.6 Å². The summed E-state index contributed by atoms with van der Waals surface area (Å²) in [5.74, 6) is -0.725. The average molecular weight is 389 g/mol. The summed E-state index contributed by atoms with van der Waals surface area (Å²) in [6, 6.07) is 9.60. The van der Waals surface area contributed by atoms with Gasteiger partial charge < -0.3 is 10.1 Å². The van der Waals surface area contributed by atoms with Gasteiger partial charge in [-0.1, -0.05) is 29.8 Å². The number of halogens is 5. The molecule has 0 spiro atoms. The van der Waals surface area contributed by atoms with Gasteiger partial charge >= 0.3 is 6.36 Å². The van der Waals surface area contributed by atoms with Crippen LogP contribution in [0.4, 0.5) is 17.6 Å². The first kappa shape index (κ1) is 18.9. The zero-order valence-electron chi connectivity index (χ0n) is 13.7. The average Bonchev–Trinajstić information content (AvgIpc) is 2.58. The van der Waals surface area contributed by atoms with Crippen LogP contribution in [0, 0.1) is 5.82 Å². The van der Waals surface area contributed by atoms with Gasteiger partial charge in [-0.2, -0.15) is 0 Å². The zero-order valence-corrected chi connectivity index (χ0v) is 14.4. The molecular weight excluding hydrogens is 372 g/mol. The molecule has 8 heteroatoms. The number of hydrogen-bond acceptors (Lipinski definition) is 3. The molecule has 0 bridgehead atoms. The summed E-state index contributed by atoms with van der Waals surface area (Å²) in [4.78, 5) is 2.16. The van der Waals surface area contributed by atoms with Crippen LogP contribution in [0.15, 0.2) is 42.5 Å². The standard InChI is InChI=1S/C18H17ClF4N2O/c19-16-11-13(20)3-6-15(16)17(25-9-7-24-8-10-25)12-1-4-14(5-2-12)26-18(21,22)23/h1-6,11,17,24H,7-10H2/t17-/m0/s1. The Morgan fingerprint density at radius 3 is 2.27 bits per heavy atom. The van der Waals surface area contributed by atoms with Gasteiger partial charge in [-0.3, -0.25) is 4.90 Å². The number of hydrogen-bond donors (Lipinski definition) is 1. The Labute approximate surface area is 153 Å². The lowest BCUT2D eigenvalue weighted by Gasteiger charge is -2.36. The quantitative estimate of drug-likeness (QED) is 0.787. The van der Waals surface area contributed by atoms with Gasteiger partial charge in [-0.25, -0.2) is 4.39 Å². The summed E-state index contributed by atoms with van der Waals surface area (Å²) < 4.78 is 54.4. The van der Waals surface area contributed by atoms with Gasteiger partial charge in [-0.15, -0.1) is 13.2 Å². The van der Waals surface area contributed by atoms with Crippen LogP contribution in [-0.4, -0.2) is 37.4 Å². The van der Waals surface area contributed by atoms with Crippen LogP contribution in [0.5, 0.6) is 5.75 Å². The van der Waals surface area contributed by atoms with E-state index in [-0.39, 0.29) is 16.8 Å². The van der Waals surface area contributed by atoms with Crippen molar-refractivity contribution >= 4 is 11.6 Å². The van der Waals surface area contributed by atoms with Crippen LogP contribution >= 0.6 is 11.6 Å². The van der Waals surface area contributed by atoms with E-state index in [1.807, 2.05) is 0 Å². The second-order valence-electron chi connectivity index (χ2n) is 5.97. The minimum Gasteiger partial charge on any atom is -0.406 e. The molecule has 0 amide bonds. The molecule has 1 atom stereocenters. The molecule has 1 aliphatic heterocycles. The molecule has 3 nitrogen and oxygen atoms in total. The number of ether oxygens (including phenoxy) is 1. The Morgan fingerprint density at radius 1 is 1.04 bits per heavy atom. The molecular formula is C18H17ClF4N2O. The number of nitrogens with zero attached hydrogens (tertiary/aromatic N) is 1. The van der Waals surface area contributed by atoms with E-state index in [0.29, 0.717) is 5.56 Å². The molecule has 3 rings (SSSR count). The highest BCUT2D eigenvalue weighted by molar-refractivity contribution is 6.31. The molecule has 0 saturated carbocycles. The van der Waals surface area contributed by atoms with Gasteiger partial charge in [0, 0.05) is 31.2 Å². The molecule has 1 N–H and O–H groups in total. The molecule has 2 aromatic rings. The summed E-state index contributed by atoms with van der Waals surface area (Å²) >= 11 is 6.26. The van der Waals surface area contributed by atoms with Crippen molar-refractivity contribution in [3.63, 3.8) is 0 Å². The van der Waals surface area contributed by atoms with Gasteiger partial charge in [0.25, 0.3) is 0 Å². The maximum atomic E-state index is 13.4. The molecule has 1 fully saturated rings. The monoisotopic (exact) mass is 388 g/mol. The third-order valence-electron chi connectivity index (χ3n) is 4.20. The zero-order chi connectivity index (χ0) is 18.7. The van der Waals surface area contributed by atoms with Crippen LogP contribution in [0.2, 0.25) is 5.02 Å². The number of piperazine rings is 1. The van der Waals surface area contributed by atoms with E-state index in [1.165, 1.54) is 24.3 Å². The van der Waals surface area contributed by atoms with Crippen LogP contribution < -0.4 is 10.1 Å². The molecule has 1 saturated heterocycles. The Bertz CT molecular complexity index is 746. The molecule has 0 aliphatic carbocycles. The van der Waals surface area contributed by atoms with E-state index in [1.54, 1.807) is 18.2 Å². The van der Waals surface area contributed by atoms with Crippen molar-refractivity contribution in [3.8, 4) is 5.75 Å². The predicted molar refractivity (Wildman–Crippen MR) is 90.8 cm³/mol. The van der Waals surface area contributed by atoms with E-state index in [9.17, 15) is 17.6 Å². The molecule has 0 radical (unpaired) electrons. The largest absolute Gasteiger partial charge is 0.573 e. The minimum absolute atomic E-state index is 0.282. The lowest BCUT2D eigenvalue weighted by Crippen LogP contribution is -2.45. The van der Waals surface area contributed by atoms with Gasteiger partial charge in [-0.05, 0) is 35.4 Å². The van der Waals surface area contributed by atoms with Crippen molar-refractivity contribution in [3.05, 3.63) is 64.4 Å². The Balaban J connectivity index is 1.95. The summed E-state index contributed by atoms with van der Waals surface area (Å²) in [5.41, 5.74) is 1.47. The molecule has 140 valence electrons. The van der Waals surface area contributed by atoms with Gasteiger partial charge in [0.1, 0.15) is 11.6 Å². The summed E-state index contributed by atoms with van der Waals surface area (Å²) in [6.07, 6.45) is -4.74. The summed E-state index contributed by atoms with van der Waals surface area (Å²) in [7, 11) is 0. The number of benzene rings is 2. The molecule has 1 heterocycles. The topological polar surface area (TPSA) is 24.5 Å². The molecule has 1 aliphatic rings. The third-order valence-corrected chi connectivity index (χ3v) is 4.53. The van der Waals surface area contributed by atoms with Crippen molar-refractivity contribution < 1.29 is 22.3 Å². The van der Waals surface area contributed by atoms with E-state index < -0.39 is 12.2 Å². The molecule has 2 aromatic carbocycles. The minimum atomic E-state index is -4.74. The number of nitrogens with one attached hydrogen (secondary N) is 1. The van der Waals surface area contributed by atoms with Crippen molar-refractivity contribution in [1.82, 2.24) is 10.2 Å². The van der Waals surface area contributed by atoms with Crippen LogP contribution in [0.25, 0.3) is 0 Å². The van der Waals surface area contributed by atoms with E-state index >= 15 is 0 Å². The normalized spacial score (nSPS) is 17.1. The summed E-state index contributed by atoms with van der Waals surface area (Å²) in [5, 5.41) is 3.53. The van der Waals surface area contributed by atoms with Gasteiger partial charge in [0.05, 0.1) is 6.04 Å². The first-order chi connectivity index (χ1) is 12.3. The van der Waals surface area contributed by atoms with Crippen molar-refractivity contribution in [2.75, 3.05) is 26.2 Å². The van der Waals surface area contributed by atoms with Crippen LogP contribution in [0.3, 0.4) is 0 Å². The highest BCUT2D eigenvalue weighted by atomic mass is 35.5. The molecule has 0 aromatic heterocycles. The first-order valence-corrected chi connectivity index (χ1v) is 8.47. The molecule has 26 heavy (non-hydrogen) atoms. The van der Waals surface area contributed by atoms with Crippen molar-refractivity contribution in [1.29, 1.82) is 0 Å². The molecule has 0 unspecified atom stereocenters. The number of rotatable bonds is 4. The fraction of sp³-hybridized carbons (Fsp3) is 0.333. The van der Waals surface area contributed by atoms with Crippen LogP contribution in [-0.2, 0) is 0 Å². The third kappa shape index (κ3) is 4.66. The van der Waals surface area contributed by atoms with Crippen molar-refractivity contribution in [2.45, 2.75) is 12.4 Å². The van der Waals surface area contributed by atoms with Gasteiger partial charge in [0.15, 0.2) is 0 Å². The Hall–Kier alpha value is -1.83. The summed E-state index contributed by atoms with van der Waals surface area (Å²) in [6.45, 7) is 3.04. The fourth-order valence-electron chi connectivity index (χ4n) is 3.10. The van der Waals surface area contributed by atoms with E-state index in [2.05, 4.69) is 15.0 Å². The number of alkyl halides is 3. The lowest BCUT2D eigenvalue weighted by atomic mass is 9.96. The Morgan fingerprint density at radius 2 is 1.69 bits per heavy atom. The first-order valence-electron chi connectivity index (χ1n) is 8.09. The Kier molecular flexibility index (Phi) is 5.70. The predicted octanol–water partition coefficient (Wildman–Crippen LogP) is 4.37. The smallest absolute Gasteiger partial charge is 0.406 e. The maximum absolute atomic E-state index is 13.4. The van der Waals surface area contributed by atoms with Gasteiger partial charge in [0.2, 0.25) is 0 Å². The maximum Gasteiger partial charge on any atom is 0.573 e. The second kappa shape index (κ2) is 7.82.